The fraction of sp³-hybridized carbons (Fsp3) is 0.214. The zero-order valence-electron chi connectivity index (χ0n) is 10.3. The molecule has 0 unspecified atom stereocenters. The first-order valence-electron chi connectivity index (χ1n) is 5.72. The summed E-state index contributed by atoms with van der Waals surface area (Å²) >= 11 is 0. The van der Waals surface area contributed by atoms with Crippen LogP contribution in [0.1, 0.15) is 11.1 Å². The van der Waals surface area contributed by atoms with Crippen molar-refractivity contribution < 1.29 is 9.47 Å². The summed E-state index contributed by atoms with van der Waals surface area (Å²) in [5.41, 5.74) is 7.56. The molecule has 0 saturated heterocycles. The van der Waals surface area contributed by atoms with E-state index in [9.17, 15) is 0 Å². The first-order valence-corrected chi connectivity index (χ1v) is 5.72. The van der Waals surface area contributed by atoms with Crippen molar-refractivity contribution in [2.75, 3.05) is 7.11 Å². The molecule has 1 aromatic heterocycles. The van der Waals surface area contributed by atoms with Crippen molar-refractivity contribution in [3.05, 3.63) is 53.7 Å². The molecule has 18 heavy (non-hydrogen) atoms. The Balaban J connectivity index is 1.93. The van der Waals surface area contributed by atoms with E-state index in [-0.39, 0.29) is 0 Å². The van der Waals surface area contributed by atoms with Crippen LogP contribution in [-0.2, 0) is 13.2 Å². The predicted octanol–water partition coefficient (Wildman–Crippen LogP) is 2.13. The summed E-state index contributed by atoms with van der Waals surface area (Å²) in [6, 6.07) is 11.5. The molecule has 1 heterocycles. The van der Waals surface area contributed by atoms with Crippen LogP contribution in [0, 0.1) is 0 Å². The number of hydrogen-bond donors (Lipinski definition) is 1. The third-order valence-corrected chi connectivity index (χ3v) is 2.58. The Labute approximate surface area is 106 Å². The summed E-state index contributed by atoms with van der Waals surface area (Å²) in [4.78, 5) is 4.17. The molecular weight excluding hydrogens is 228 g/mol. The first kappa shape index (κ1) is 12.4. The predicted molar refractivity (Wildman–Crippen MR) is 69.5 cm³/mol. The lowest BCUT2D eigenvalue weighted by Crippen LogP contribution is -2.00. The molecule has 0 atom stereocenters. The van der Waals surface area contributed by atoms with Gasteiger partial charge in [-0.3, -0.25) is 0 Å². The van der Waals surface area contributed by atoms with E-state index in [0.717, 1.165) is 16.9 Å². The van der Waals surface area contributed by atoms with Gasteiger partial charge in [-0.2, -0.15) is 0 Å². The van der Waals surface area contributed by atoms with Crippen molar-refractivity contribution in [3.63, 3.8) is 0 Å². The average molecular weight is 244 g/mol. The number of benzene rings is 1. The maximum atomic E-state index is 5.57. The number of pyridine rings is 1. The van der Waals surface area contributed by atoms with Gasteiger partial charge < -0.3 is 15.2 Å². The Morgan fingerprint density at radius 2 is 1.78 bits per heavy atom. The molecule has 4 nitrogen and oxygen atoms in total. The molecular formula is C14H16N2O2. The van der Waals surface area contributed by atoms with E-state index in [1.54, 1.807) is 13.3 Å². The Morgan fingerprint density at radius 1 is 1.06 bits per heavy atom. The van der Waals surface area contributed by atoms with Crippen molar-refractivity contribution in [3.8, 4) is 11.6 Å². The fourth-order valence-corrected chi connectivity index (χ4v) is 1.50. The number of hydrogen-bond acceptors (Lipinski definition) is 4. The Hall–Kier alpha value is -2.07. The molecule has 2 N–H and O–H groups in total. The number of nitrogens with zero attached hydrogens (tertiary/aromatic N) is 1. The van der Waals surface area contributed by atoms with Crippen LogP contribution in [0.3, 0.4) is 0 Å². The molecule has 0 radical (unpaired) electrons. The summed E-state index contributed by atoms with van der Waals surface area (Å²) in [7, 11) is 1.65. The standard InChI is InChI=1S/C14H16N2O2/c1-17-13-5-2-11(3-6-13)10-18-14-7-4-12(8-15)9-16-14/h2-7,9H,8,10,15H2,1H3. The number of aromatic nitrogens is 1. The molecule has 0 spiro atoms. The van der Waals surface area contributed by atoms with E-state index in [1.807, 2.05) is 36.4 Å². The van der Waals surface area contributed by atoms with Gasteiger partial charge in [-0.15, -0.1) is 0 Å². The molecule has 0 aliphatic carbocycles. The number of methoxy groups -OCH3 is 1. The highest BCUT2D eigenvalue weighted by Gasteiger charge is 1.98. The molecule has 2 aromatic rings. The van der Waals surface area contributed by atoms with Gasteiger partial charge in [0.15, 0.2) is 0 Å². The number of nitrogens with two attached hydrogens (primary N) is 1. The lowest BCUT2D eigenvalue weighted by atomic mass is 10.2. The number of rotatable bonds is 5. The van der Waals surface area contributed by atoms with Crippen LogP contribution in [0.4, 0.5) is 0 Å². The molecule has 0 aliphatic heterocycles. The maximum absolute atomic E-state index is 5.57. The van der Waals surface area contributed by atoms with Gasteiger partial charge >= 0.3 is 0 Å². The molecule has 0 fully saturated rings. The van der Waals surface area contributed by atoms with Crippen LogP contribution >= 0.6 is 0 Å². The van der Waals surface area contributed by atoms with Gasteiger partial charge in [-0.25, -0.2) is 4.98 Å². The van der Waals surface area contributed by atoms with Crippen LogP contribution in [0.2, 0.25) is 0 Å². The highest BCUT2D eigenvalue weighted by Crippen LogP contribution is 2.14. The second-order valence-corrected chi connectivity index (χ2v) is 3.85. The first-order chi connectivity index (χ1) is 8.81. The smallest absolute Gasteiger partial charge is 0.213 e. The number of ether oxygens (including phenoxy) is 2. The monoisotopic (exact) mass is 244 g/mol. The van der Waals surface area contributed by atoms with E-state index in [1.165, 1.54) is 0 Å². The average Bonchev–Trinajstić information content (AvgIpc) is 2.46. The fourth-order valence-electron chi connectivity index (χ4n) is 1.50. The Kier molecular flexibility index (Phi) is 4.15. The SMILES string of the molecule is COc1ccc(COc2ccc(CN)cn2)cc1. The van der Waals surface area contributed by atoms with Crippen molar-refractivity contribution in [1.82, 2.24) is 4.98 Å². The molecule has 0 bridgehead atoms. The molecule has 0 amide bonds. The van der Waals surface area contributed by atoms with Gasteiger partial charge in [0.1, 0.15) is 12.4 Å². The van der Waals surface area contributed by atoms with Gasteiger partial charge in [-0.05, 0) is 23.3 Å². The Bertz CT molecular complexity index is 433. The molecule has 0 saturated carbocycles. The highest BCUT2D eigenvalue weighted by atomic mass is 16.5. The highest BCUT2D eigenvalue weighted by molar-refractivity contribution is 5.27. The lowest BCUT2D eigenvalue weighted by Gasteiger charge is -2.06. The van der Waals surface area contributed by atoms with Gasteiger partial charge in [0.25, 0.3) is 0 Å². The van der Waals surface area contributed by atoms with E-state index >= 15 is 0 Å². The summed E-state index contributed by atoms with van der Waals surface area (Å²) in [5.74, 6) is 1.44. The Morgan fingerprint density at radius 3 is 2.33 bits per heavy atom. The quantitative estimate of drug-likeness (QED) is 0.875. The van der Waals surface area contributed by atoms with Crippen LogP contribution < -0.4 is 15.2 Å². The van der Waals surface area contributed by atoms with Crippen molar-refractivity contribution in [2.24, 2.45) is 5.73 Å². The topological polar surface area (TPSA) is 57.4 Å². The van der Waals surface area contributed by atoms with Crippen LogP contribution in [0.25, 0.3) is 0 Å². The largest absolute Gasteiger partial charge is 0.497 e. The minimum atomic E-state index is 0.485. The van der Waals surface area contributed by atoms with E-state index in [4.69, 9.17) is 15.2 Å². The zero-order valence-corrected chi connectivity index (χ0v) is 10.3. The van der Waals surface area contributed by atoms with Crippen LogP contribution in [0.15, 0.2) is 42.6 Å². The molecule has 0 aliphatic rings. The van der Waals surface area contributed by atoms with Gasteiger partial charge in [0.2, 0.25) is 5.88 Å². The lowest BCUT2D eigenvalue weighted by molar-refractivity contribution is 0.293. The maximum Gasteiger partial charge on any atom is 0.213 e. The molecule has 94 valence electrons. The van der Waals surface area contributed by atoms with Gasteiger partial charge in [0.05, 0.1) is 7.11 Å². The van der Waals surface area contributed by atoms with Gasteiger partial charge in [-0.1, -0.05) is 18.2 Å². The van der Waals surface area contributed by atoms with E-state index < -0.39 is 0 Å². The summed E-state index contributed by atoms with van der Waals surface area (Å²) in [5, 5.41) is 0. The molecule has 2 rings (SSSR count). The van der Waals surface area contributed by atoms with Crippen molar-refractivity contribution in [1.29, 1.82) is 0 Å². The molecule has 1 aromatic carbocycles. The third kappa shape index (κ3) is 3.21. The third-order valence-electron chi connectivity index (χ3n) is 2.58. The normalized spacial score (nSPS) is 10.1. The van der Waals surface area contributed by atoms with E-state index in [2.05, 4.69) is 4.98 Å². The molecule has 4 heteroatoms. The zero-order chi connectivity index (χ0) is 12.8. The van der Waals surface area contributed by atoms with Crippen molar-refractivity contribution >= 4 is 0 Å². The minimum absolute atomic E-state index is 0.485. The minimum Gasteiger partial charge on any atom is -0.497 e. The van der Waals surface area contributed by atoms with Crippen LogP contribution in [-0.4, -0.2) is 12.1 Å². The second kappa shape index (κ2) is 6.02. The van der Waals surface area contributed by atoms with Gasteiger partial charge in [0, 0.05) is 18.8 Å². The van der Waals surface area contributed by atoms with Crippen LogP contribution in [0.5, 0.6) is 11.6 Å². The second-order valence-electron chi connectivity index (χ2n) is 3.85. The summed E-state index contributed by atoms with van der Waals surface area (Å²) in [6.07, 6.45) is 1.73. The summed E-state index contributed by atoms with van der Waals surface area (Å²) < 4.78 is 10.7. The van der Waals surface area contributed by atoms with E-state index in [0.29, 0.717) is 19.0 Å². The van der Waals surface area contributed by atoms with Crippen molar-refractivity contribution in [2.45, 2.75) is 13.2 Å². The summed E-state index contributed by atoms with van der Waals surface area (Å²) in [6.45, 7) is 0.977.